The number of nitrogens with zero attached hydrogens (tertiary/aromatic N) is 4. The monoisotopic (exact) mass is 473 g/mol. The minimum Gasteiger partial charge on any atom is -0.369 e. The molecule has 0 spiro atoms. The van der Waals surface area contributed by atoms with Crippen molar-refractivity contribution in [2.75, 3.05) is 18.0 Å². The molecule has 3 aromatic heterocycles. The van der Waals surface area contributed by atoms with E-state index in [1.165, 1.54) is 5.56 Å². The number of rotatable bonds is 6. The van der Waals surface area contributed by atoms with Crippen molar-refractivity contribution in [3.8, 4) is 0 Å². The van der Waals surface area contributed by atoms with Crippen LogP contribution in [0.4, 0.5) is 5.69 Å². The predicted octanol–water partition coefficient (Wildman–Crippen LogP) is 4.41. The summed E-state index contributed by atoms with van der Waals surface area (Å²) in [5.41, 5.74) is 5.18. The maximum Gasteiger partial charge on any atom is 0.193 e. The van der Waals surface area contributed by atoms with Gasteiger partial charge in [-0.25, -0.2) is 0 Å². The Balaban J connectivity index is 0.00000274. The number of piperidine rings is 1. The minimum absolute atomic E-state index is 0. The van der Waals surface area contributed by atoms with Crippen LogP contribution in [0.15, 0.2) is 78.1 Å². The Morgan fingerprint density at radius 3 is 2.82 bits per heavy atom. The van der Waals surface area contributed by atoms with E-state index < -0.39 is 0 Å². The Labute approximate surface area is 207 Å². The molecular formula is C27H31N5OS. The zero-order valence-electron chi connectivity index (χ0n) is 19.4. The third-order valence-corrected chi connectivity index (χ3v) is 6.51. The molecule has 0 aliphatic carbocycles. The van der Waals surface area contributed by atoms with Crippen molar-refractivity contribution in [1.29, 1.82) is 0 Å². The summed E-state index contributed by atoms with van der Waals surface area (Å²) in [6.45, 7) is 5.35. The highest BCUT2D eigenvalue weighted by molar-refractivity contribution is 7.59. The number of aromatic nitrogens is 3. The summed E-state index contributed by atoms with van der Waals surface area (Å²) in [5.74, 6) is 0. The average Bonchev–Trinajstić information content (AvgIpc) is 2.86. The van der Waals surface area contributed by atoms with E-state index in [1.807, 2.05) is 62.0 Å². The number of aromatic amines is 1. The lowest BCUT2D eigenvalue weighted by Crippen LogP contribution is -2.48. The first-order valence-corrected chi connectivity index (χ1v) is 11.6. The molecule has 6 nitrogen and oxygen atoms in total. The van der Waals surface area contributed by atoms with E-state index >= 15 is 0 Å². The van der Waals surface area contributed by atoms with Crippen LogP contribution in [0.2, 0.25) is 0 Å². The molecule has 1 aromatic carbocycles. The molecule has 0 unspecified atom stereocenters. The highest BCUT2D eigenvalue weighted by Gasteiger charge is 2.27. The fraction of sp³-hybridized carbons (Fsp3) is 0.296. The zero-order chi connectivity index (χ0) is 22.6. The molecule has 7 heteroatoms. The summed E-state index contributed by atoms with van der Waals surface area (Å²) in [4.78, 5) is 30.1. The second-order valence-corrected chi connectivity index (χ2v) is 8.85. The molecule has 34 heavy (non-hydrogen) atoms. The first kappa shape index (κ1) is 24.0. The standard InChI is InChI=1S/C27H29N5O.H2S/c1-20-14-21(10-12-29-20)17-32(18-22-15-30-26-9-3-2-8-25(26)27(22)33)24-7-5-13-31(19-24)23-6-4-11-28-16-23;/h2-4,6,8-12,14-16,24H,5,7,13,17-19H2,1H3,(H,30,33);1H2/t24-;/m0./s1. The van der Waals surface area contributed by atoms with Crippen LogP contribution in [0.1, 0.15) is 29.7 Å². The van der Waals surface area contributed by atoms with Crippen molar-refractivity contribution in [1.82, 2.24) is 19.9 Å². The number of hydrogen-bond acceptors (Lipinski definition) is 5. The molecule has 176 valence electrons. The Morgan fingerprint density at radius 2 is 2.00 bits per heavy atom. The zero-order valence-corrected chi connectivity index (χ0v) is 20.4. The van der Waals surface area contributed by atoms with Crippen molar-refractivity contribution < 1.29 is 0 Å². The molecule has 1 aliphatic heterocycles. The minimum atomic E-state index is 0. The number of aryl methyl sites for hydroxylation is 1. The fourth-order valence-electron chi connectivity index (χ4n) is 4.83. The topological polar surface area (TPSA) is 65.1 Å². The van der Waals surface area contributed by atoms with E-state index in [2.05, 4.69) is 43.0 Å². The molecule has 1 fully saturated rings. The van der Waals surface area contributed by atoms with Gasteiger partial charge < -0.3 is 9.88 Å². The number of pyridine rings is 3. The van der Waals surface area contributed by atoms with Gasteiger partial charge >= 0.3 is 0 Å². The summed E-state index contributed by atoms with van der Waals surface area (Å²) < 4.78 is 0. The molecule has 5 rings (SSSR count). The van der Waals surface area contributed by atoms with Crippen LogP contribution < -0.4 is 10.3 Å². The Kier molecular flexibility index (Phi) is 7.65. The van der Waals surface area contributed by atoms with E-state index in [1.54, 1.807) is 0 Å². The smallest absolute Gasteiger partial charge is 0.193 e. The molecule has 4 aromatic rings. The van der Waals surface area contributed by atoms with Gasteiger partial charge in [0, 0.05) is 73.0 Å². The van der Waals surface area contributed by atoms with Crippen LogP contribution in [0, 0.1) is 6.92 Å². The van der Waals surface area contributed by atoms with E-state index in [0.29, 0.717) is 12.6 Å². The van der Waals surface area contributed by atoms with Crippen LogP contribution in [-0.4, -0.2) is 39.0 Å². The highest BCUT2D eigenvalue weighted by Crippen LogP contribution is 2.24. The molecule has 4 heterocycles. The van der Waals surface area contributed by atoms with Crippen molar-refractivity contribution in [3.63, 3.8) is 0 Å². The van der Waals surface area contributed by atoms with Crippen molar-refractivity contribution >= 4 is 30.1 Å². The van der Waals surface area contributed by atoms with Gasteiger partial charge in [0.1, 0.15) is 0 Å². The summed E-state index contributed by atoms with van der Waals surface area (Å²) in [7, 11) is 0. The quantitative estimate of drug-likeness (QED) is 0.449. The third kappa shape index (κ3) is 5.32. The predicted molar refractivity (Wildman–Crippen MR) is 143 cm³/mol. The van der Waals surface area contributed by atoms with Crippen LogP contribution in [-0.2, 0) is 13.1 Å². The van der Waals surface area contributed by atoms with Gasteiger partial charge in [0.15, 0.2) is 5.43 Å². The van der Waals surface area contributed by atoms with Crippen LogP contribution in [0.25, 0.3) is 10.9 Å². The molecule has 0 amide bonds. The lowest BCUT2D eigenvalue weighted by Gasteiger charge is -2.40. The largest absolute Gasteiger partial charge is 0.369 e. The van der Waals surface area contributed by atoms with E-state index in [4.69, 9.17) is 0 Å². The molecule has 1 atom stereocenters. The normalized spacial score (nSPS) is 15.9. The van der Waals surface area contributed by atoms with Crippen LogP contribution >= 0.6 is 13.5 Å². The van der Waals surface area contributed by atoms with Crippen molar-refractivity contribution in [2.24, 2.45) is 0 Å². The lowest BCUT2D eigenvalue weighted by atomic mass is 10.0. The third-order valence-electron chi connectivity index (χ3n) is 6.51. The van der Waals surface area contributed by atoms with Crippen LogP contribution in [0.3, 0.4) is 0 Å². The molecule has 0 saturated carbocycles. The van der Waals surface area contributed by atoms with Gasteiger partial charge in [-0.05, 0) is 61.7 Å². The van der Waals surface area contributed by atoms with E-state index in [9.17, 15) is 4.79 Å². The second kappa shape index (κ2) is 10.8. The number of para-hydroxylation sites is 1. The number of benzene rings is 1. The fourth-order valence-corrected chi connectivity index (χ4v) is 4.83. The van der Waals surface area contributed by atoms with Gasteiger partial charge in [-0.3, -0.25) is 19.7 Å². The van der Waals surface area contributed by atoms with Crippen molar-refractivity contribution in [3.05, 3.63) is 100 Å². The Morgan fingerprint density at radius 1 is 1.12 bits per heavy atom. The molecule has 1 saturated heterocycles. The van der Waals surface area contributed by atoms with Gasteiger partial charge in [-0.1, -0.05) is 12.1 Å². The average molecular weight is 474 g/mol. The summed E-state index contributed by atoms with van der Waals surface area (Å²) in [6.07, 6.45) is 9.72. The number of hydrogen-bond donors (Lipinski definition) is 1. The SMILES string of the molecule is Cc1cc(CN(Cc2c[nH]c3ccccc3c2=O)[C@H]2CCCN(c3cccnc3)C2)ccn1.S. The summed E-state index contributed by atoms with van der Waals surface area (Å²) in [5, 5.41) is 0.746. The van der Waals surface area contributed by atoms with Gasteiger partial charge in [0.25, 0.3) is 0 Å². The number of fused-ring (bicyclic) bond motifs is 1. The summed E-state index contributed by atoms with van der Waals surface area (Å²) >= 11 is 0. The van der Waals surface area contributed by atoms with Crippen molar-refractivity contribution in [2.45, 2.75) is 38.9 Å². The highest BCUT2D eigenvalue weighted by atomic mass is 32.1. The first-order valence-electron chi connectivity index (χ1n) is 11.6. The number of anilines is 1. The Bertz CT molecular complexity index is 1290. The van der Waals surface area contributed by atoms with Crippen LogP contribution in [0.5, 0.6) is 0 Å². The van der Waals surface area contributed by atoms with Gasteiger partial charge in [-0.15, -0.1) is 0 Å². The van der Waals surface area contributed by atoms with Gasteiger partial charge in [-0.2, -0.15) is 13.5 Å². The van der Waals surface area contributed by atoms with Gasteiger partial charge in [0.05, 0.1) is 11.9 Å². The Hall–Kier alpha value is -3.16. The molecular weight excluding hydrogens is 442 g/mol. The lowest BCUT2D eigenvalue weighted by molar-refractivity contribution is 0.158. The molecule has 1 N–H and O–H groups in total. The molecule has 0 bridgehead atoms. The summed E-state index contributed by atoms with van der Waals surface area (Å²) in [6, 6.07) is 16.4. The van der Waals surface area contributed by atoms with E-state index in [-0.39, 0.29) is 18.9 Å². The maximum absolute atomic E-state index is 13.3. The number of nitrogens with one attached hydrogen (secondary N) is 1. The first-order chi connectivity index (χ1) is 16.2. The van der Waals surface area contributed by atoms with Gasteiger partial charge in [0.2, 0.25) is 0 Å². The maximum atomic E-state index is 13.3. The molecule has 1 aliphatic rings. The molecule has 0 radical (unpaired) electrons. The second-order valence-electron chi connectivity index (χ2n) is 8.85. The number of H-pyrrole nitrogens is 1. The van der Waals surface area contributed by atoms with E-state index in [0.717, 1.165) is 60.3 Å².